The third-order valence-electron chi connectivity index (χ3n) is 3.91. The molecule has 0 aliphatic heterocycles. The molecule has 2 rings (SSSR count). The average Bonchev–Trinajstić information content (AvgIpc) is 2.46. The van der Waals surface area contributed by atoms with Crippen LogP contribution in [-0.2, 0) is 0 Å². The van der Waals surface area contributed by atoms with E-state index in [1.807, 2.05) is 0 Å². The first kappa shape index (κ1) is 14.0. The van der Waals surface area contributed by atoms with Gasteiger partial charge in [-0.05, 0) is 24.8 Å². The lowest BCUT2D eigenvalue weighted by Crippen LogP contribution is -2.26. The van der Waals surface area contributed by atoms with E-state index in [1.165, 1.54) is 37.7 Å². The average molecular weight is 263 g/mol. The van der Waals surface area contributed by atoms with Gasteiger partial charge < -0.3 is 5.73 Å². The highest BCUT2D eigenvalue weighted by Crippen LogP contribution is 2.36. The molecule has 2 atom stereocenters. The van der Waals surface area contributed by atoms with Crippen LogP contribution in [0, 0.1) is 0 Å². The van der Waals surface area contributed by atoms with Gasteiger partial charge in [-0.2, -0.15) is 11.8 Å². The second-order valence-electron chi connectivity index (χ2n) is 5.28. The third-order valence-corrected chi connectivity index (χ3v) is 5.74. The first-order valence-corrected chi connectivity index (χ1v) is 8.21. The molecular weight excluding hydrogens is 238 g/mol. The summed E-state index contributed by atoms with van der Waals surface area (Å²) in [7, 11) is 0. The molecule has 18 heavy (non-hydrogen) atoms. The Labute approximate surface area is 116 Å². The molecule has 2 heteroatoms. The van der Waals surface area contributed by atoms with Crippen molar-refractivity contribution in [1.82, 2.24) is 0 Å². The molecule has 0 saturated heterocycles. The molecule has 0 radical (unpaired) electrons. The normalized spacial score (nSPS) is 20.6. The summed E-state index contributed by atoms with van der Waals surface area (Å²) in [5.74, 6) is 0. The molecule has 0 bridgehead atoms. The highest BCUT2D eigenvalue weighted by molar-refractivity contribution is 8.00. The van der Waals surface area contributed by atoms with Gasteiger partial charge in [-0.25, -0.2) is 0 Å². The van der Waals surface area contributed by atoms with Gasteiger partial charge in [0.15, 0.2) is 0 Å². The molecule has 0 amide bonds. The van der Waals surface area contributed by atoms with Crippen molar-refractivity contribution in [3.8, 4) is 0 Å². The Morgan fingerprint density at radius 2 is 1.83 bits per heavy atom. The second kappa shape index (κ2) is 7.20. The van der Waals surface area contributed by atoms with Crippen LogP contribution in [0.4, 0.5) is 0 Å². The lowest BCUT2D eigenvalue weighted by molar-refractivity contribution is 0.512. The van der Waals surface area contributed by atoms with Crippen LogP contribution in [0.5, 0.6) is 0 Å². The van der Waals surface area contributed by atoms with Crippen molar-refractivity contribution < 1.29 is 0 Å². The summed E-state index contributed by atoms with van der Waals surface area (Å²) < 4.78 is 0. The van der Waals surface area contributed by atoms with Crippen LogP contribution in [0.3, 0.4) is 0 Å². The van der Waals surface area contributed by atoms with Gasteiger partial charge in [-0.3, -0.25) is 0 Å². The van der Waals surface area contributed by atoms with Crippen molar-refractivity contribution in [2.24, 2.45) is 5.73 Å². The number of hydrogen-bond donors (Lipinski definition) is 1. The Morgan fingerprint density at radius 1 is 1.17 bits per heavy atom. The maximum Gasteiger partial charge on any atom is 0.0415 e. The van der Waals surface area contributed by atoms with E-state index in [1.54, 1.807) is 0 Å². The molecule has 1 aliphatic rings. The molecule has 1 saturated carbocycles. The summed E-state index contributed by atoms with van der Waals surface area (Å²) in [5, 5.41) is 1.41. The van der Waals surface area contributed by atoms with Gasteiger partial charge in [-0.15, -0.1) is 0 Å². The first-order valence-electron chi connectivity index (χ1n) is 7.27. The number of rotatable bonds is 5. The predicted octanol–water partition coefficient (Wildman–Crippen LogP) is 4.53. The van der Waals surface area contributed by atoms with Gasteiger partial charge >= 0.3 is 0 Å². The van der Waals surface area contributed by atoms with E-state index in [-0.39, 0.29) is 6.04 Å². The Hall–Kier alpha value is -0.470. The Morgan fingerprint density at radius 3 is 2.44 bits per heavy atom. The minimum atomic E-state index is 0.183. The monoisotopic (exact) mass is 263 g/mol. The minimum absolute atomic E-state index is 0.183. The van der Waals surface area contributed by atoms with Crippen molar-refractivity contribution >= 4 is 11.8 Å². The van der Waals surface area contributed by atoms with Crippen LogP contribution in [0.2, 0.25) is 0 Å². The molecule has 0 aromatic heterocycles. The molecule has 2 unspecified atom stereocenters. The van der Waals surface area contributed by atoms with Gasteiger partial charge in [-0.1, -0.05) is 56.5 Å². The summed E-state index contributed by atoms with van der Waals surface area (Å²) in [6, 6.07) is 10.7. The smallest absolute Gasteiger partial charge is 0.0415 e. The fourth-order valence-corrected chi connectivity index (χ4v) is 4.39. The molecule has 1 aliphatic carbocycles. The molecule has 1 nitrogen and oxygen atoms in total. The largest absolute Gasteiger partial charge is 0.323 e. The third kappa shape index (κ3) is 3.76. The number of nitrogens with two attached hydrogens (primary N) is 1. The van der Waals surface area contributed by atoms with Crippen LogP contribution in [-0.4, -0.2) is 10.5 Å². The van der Waals surface area contributed by atoms with Crippen molar-refractivity contribution in [1.29, 1.82) is 0 Å². The molecule has 0 heterocycles. The van der Waals surface area contributed by atoms with Gasteiger partial charge in [0.25, 0.3) is 0 Å². The maximum absolute atomic E-state index is 6.45. The lowest BCUT2D eigenvalue weighted by atomic mass is 10.0. The van der Waals surface area contributed by atoms with E-state index in [9.17, 15) is 0 Å². The molecule has 1 fully saturated rings. The zero-order chi connectivity index (χ0) is 12.8. The van der Waals surface area contributed by atoms with E-state index >= 15 is 0 Å². The van der Waals surface area contributed by atoms with Crippen LogP contribution in [0.25, 0.3) is 0 Å². The van der Waals surface area contributed by atoms with Gasteiger partial charge in [0, 0.05) is 16.5 Å². The van der Waals surface area contributed by atoms with Crippen molar-refractivity contribution in [3.63, 3.8) is 0 Å². The summed E-state index contributed by atoms with van der Waals surface area (Å²) in [6.45, 7) is 2.27. The van der Waals surface area contributed by atoms with Gasteiger partial charge in [0.05, 0.1) is 0 Å². The molecule has 100 valence electrons. The summed E-state index contributed by atoms with van der Waals surface area (Å²) in [5.41, 5.74) is 7.73. The van der Waals surface area contributed by atoms with E-state index in [4.69, 9.17) is 5.73 Å². The lowest BCUT2D eigenvalue weighted by Gasteiger charge is -2.29. The van der Waals surface area contributed by atoms with Crippen LogP contribution >= 0.6 is 11.8 Å². The molecular formula is C16H25NS. The highest BCUT2D eigenvalue weighted by Gasteiger charge is 2.23. The Kier molecular flexibility index (Phi) is 5.58. The number of thioether (sulfide) groups is 1. The van der Waals surface area contributed by atoms with Crippen molar-refractivity contribution in [3.05, 3.63) is 35.9 Å². The zero-order valence-corrected chi connectivity index (χ0v) is 12.2. The number of hydrogen-bond acceptors (Lipinski definition) is 2. The van der Waals surface area contributed by atoms with E-state index < -0.39 is 0 Å². The minimum Gasteiger partial charge on any atom is -0.323 e. The zero-order valence-electron chi connectivity index (χ0n) is 11.3. The predicted molar refractivity (Wildman–Crippen MR) is 81.9 cm³/mol. The summed E-state index contributed by atoms with van der Waals surface area (Å²) >= 11 is 2.14. The molecule has 0 spiro atoms. The van der Waals surface area contributed by atoms with Crippen molar-refractivity contribution in [2.45, 2.75) is 62.0 Å². The van der Waals surface area contributed by atoms with E-state index in [0.29, 0.717) is 5.25 Å². The maximum atomic E-state index is 6.45. The molecule has 2 N–H and O–H groups in total. The van der Waals surface area contributed by atoms with Gasteiger partial charge in [0.1, 0.15) is 0 Å². The summed E-state index contributed by atoms with van der Waals surface area (Å²) in [6.07, 6.45) is 8.20. The fraction of sp³-hybridized carbons (Fsp3) is 0.625. The van der Waals surface area contributed by atoms with E-state index in [2.05, 4.69) is 49.0 Å². The number of benzene rings is 1. The standard InChI is InChI=1S/C16H25NS/c1-2-15(18-14-11-7-4-8-12-14)16(17)13-9-5-3-6-10-13/h3,5-6,9-10,14-16H,2,4,7-8,11-12,17H2,1H3. The van der Waals surface area contributed by atoms with E-state index in [0.717, 1.165) is 11.7 Å². The summed E-state index contributed by atoms with van der Waals surface area (Å²) in [4.78, 5) is 0. The Balaban J connectivity index is 1.95. The van der Waals surface area contributed by atoms with Gasteiger partial charge in [0.2, 0.25) is 0 Å². The fourth-order valence-electron chi connectivity index (χ4n) is 2.77. The molecule has 1 aromatic carbocycles. The molecule has 1 aromatic rings. The van der Waals surface area contributed by atoms with Crippen LogP contribution in [0.1, 0.15) is 57.1 Å². The quantitative estimate of drug-likeness (QED) is 0.844. The second-order valence-corrected chi connectivity index (χ2v) is 6.82. The van der Waals surface area contributed by atoms with Crippen LogP contribution < -0.4 is 5.73 Å². The topological polar surface area (TPSA) is 26.0 Å². The van der Waals surface area contributed by atoms with Crippen molar-refractivity contribution in [2.75, 3.05) is 0 Å². The SMILES string of the molecule is CCC(SC1CCCCC1)C(N)c1ccccc1. The first-order chi connectivity index (χ1) is 8.81. The van der Waals surface area contributed by atoms with Crippen LogP contribution in [0.15, 0.2) is 30.3 Å². The Bertz CT molecular complexity index is 332. The highest BCUT2D eigenvalue weighted by atomic mass is 32.2.